The molecule has 3 nitrogen and oxygen atoms in total. The summed E-state index contributed by atoms with van der Waals surface area (Å²) in [5.74, 6) is -0.363. The van der Waals surface area contributed by atoms with Gasteiger partial charge in [0, 0.05) is 5.56 Å². The Hall–Kier alpha value is -1.64. The van der Waals surface area contributed by atoms with E-state index in [-0.39, 0.29) is 11.8 Å². The zero-order valence-electron chi connectivity index (χ0n) is 9.38. The molecule has 0 aliphatic heterocycles. The first-order valence-corrected chi connectivity index (χ1v) is 4.68. The van der Waals surface area contributed by atoms with Gasteiger partial charge in [0.25, 0.3) is 0 Å². The lowest BCUT2D eigenvalue weighted by atomic mass is 9.98. The fourth-order valence-corrected chi connectivity index (χ4v) is 1.59. The average Bonchev–Trinajstić information content (AvgIpc) is 2.16. The highest BCUT2D eigenvalue weighted by Gasteiger charge is 2.14. The Balaban J connectivity index is 3.33. The molecule has 1 aromatic carbocycles. The number of esters is 1. The number of Topliss-reactive ketones (excluding diaryl/α,β-unsaturated/α-hetero) is 1. The van der Waals surface area contributed by atoms with Gasteiger partial charge in [-0.1, -0.05) is 0 Å². The number of methoxy groups -OCH3 is 1. The summed E-state index contributed by atoms with van der Waals surface area (Å²) in [4.78, 5) is 22.6. The van der Waals surface area contributed by atoms with Crippen molar-refractivity contribution in [2.75, 3.05) is 7.11 Å². The molecule has 0 radical (unpaired) electrons. The maximum absolute atomic E-state index is 11.4. The van der Waals surface area contributed by atoms with Crippen LogP contribution in [0.1, 0.15) is 38.8 Å². The Kier molecular flexibility index (Phi) is 3.24. The van der Waals surface area contributed by atoms with Crippen molar-refractivity contribution in [2.24, 2.45) is 0 Å². The van der Waals surface area contributed by atoms with Gasteiger partial charge in [-0.25, -0.2) is 4.79 Å². The topological polar surface area (TPSA) is 43.4 Å². The maximum Gasteiger partial charge on any atom is 0.338 e. The molecule has 0 aliphatic rings. The lowest BCUT2D eigenvalue weighted by Gasteiger charge is -2.09. The summed E-state index contributed by atoms with van der Waals surface area (Å²) in [6.45, 7) is 5.10. The van der Waals surface area contributed by atoms with Crippen LogP contribution in [0, 0.1) is 13.8 Å². The Labute approximate surface area is 89.1 Å². The number of ketones is 1. The second-order valence-corrected chi connectivity index (χ2v) is 3.53. The molecule has 0 aliphatic carbocycles. The van der Waals surface area contributed by atoms with E-state index < -0.39 is 0 Å². The summed E-state index contributed by atoms with van der Waals surface area (Å²) >= 11 is 0. The van der Waals surface area contributed by atoms with Gasteiger partial charge < -0.3 is 4.74 Å². The average molecular weight is 206 g/mol. The fourth-order valence-electron chi connectivity index (χ4n) is 1.59. The highest BCUT2D eigenvalue weighted by Crippen LogP contribution is 2.17. The van der Waals surface area contributed by atoms with Crippen LogP contribution in [0.4, 0.5) is 0 Å². The molecule has 0 fully saturated rings. The molecule has 0 saturated carbocycles. The third-order valence-electron chi connectivity index (χ3n) is 2.33. The number of hydrogen-bond acceptors (Lipinski definition) is 3. The largest absolute Gasteiger partial charge is 0.465 e. The molecular weight excluding hydrogens is 192 g/mol. The normalized spacial score (nSPS) is 9.87. The molecule has 0 saturated heterocycles. The van der Waals surface area contributed by atoms with Crippen LogP contribution in [0.3, 0.4) is 0 Å². The Bertz CT molecular complexity index is 396. The zero-order valence-corrected chi connectivity index (χ0v) is 9.38. The summed E-state index contributed by atoms with van der Waals surface area (Å²) in [5.41, 5.74) is 2.71. The smallest absolute Gasteiger partial charge is 0.338 e. The van der Waals surface area contributed by atoms with Crippen molar-refractivity contribution in [1.29, 1.82) is 0 Å². The summed E-state index contributed by atoms with van der Waals surface area (Å²) < 4.78 is 4.67. The van der Waals surface area contributed by atoms with Crippen molar-refractivity contribution in [1.82, 2.24) is 0 Å². The predicted molar refractivity (Wildman–Crippen MR) is 57.3 cm³/mol. The van der Waals surface area contributed by atoms with Crippen LogP contribution in [0.25, 0.3) is 0 Å². The highest BCUT2D eigenvalue weighted by molar-refractivity contribution is 5.98. The Morgan fingerprint density at radius 2 is 1.60 bits per heavy atom. The minimum Gasteiger partial charge on any atom is -0.465 e. The van der Waals surface area contributed by atoms with Gasteiger partial charge in [-0.15, -0.1) is 0 Å². The second kappa shape index (κ2) is 4.26. The van der Waals surface area contributed by atoms with Gasteiger partial charge in [0.15, 0.2) is 5.78 Å². The second-order valence-electron chi connectivity index (χ2n) is 3.53. The van der Waals surface area contributed by atoms with Gasteiger partial charge in [-0.3, -0.25) is 4.79 Å². The summed E-state index contributed by atoms with van der Waals surface area (Å²) in [7, 11) is 1.35. The number of rotatable bonds is 2. The summed E-state index contributed by atoms with van der Waals surface area (Å²) in [5, 5.41) is 0. The number of ether oxygens (including phenoxy) is 1. The highest BCUT2D eigenvalue weighted by atomic mass is 16.5. The fraction of sp³-hybridized carbons (Fsp3) is 0.333. The van der Waals surface area contributed by atoms with E-state index in [0.717, 1.165) is 11.1 Å². The van der Waals surface area contributed by atoms with Crippen molar-refractivity contribution in [3.05, 3.63) is 34.4 Å². The SMILES string of the molecule is COC(=O)c1c(C)cc(C(C)=O)cc1C. The Morgan fingerprint density at radius 3 is 1.93 bits per heavy atom. The molecule has 15 heavy (non-hydrogen) atoms. The van der Waals surface area contributed by atoms with Crippen molar-refractivity contribution < 1.29 is 14.3 Å². The van der Waals surface area contributed by atoms with E-state index in [1.807, 2.05) is 0 Å². The van der Waals surface area contributed by atoms with E-state index >= 15 is 0 Å². The van der Waals surface area contributed by atoms with Crippen LogP contribution in [0.5, 0.6) is 0 Å². The van der Waals surface area contributed by atoms with E-state index in [4.69, 9.17) is 0 Å². The third-order valence-corrected chi connectivity index (χ3v) is 2.33. The standard InChI is InChI=1S/C12H14O3/c1-7-5-10(9(3)13)6-8(2)11(7)12(14)15-4/h5-6H,1-4H3. The van der Waals surface area contributed by atoms with Crippen LogP contribution in [0.2, 0.25) is 0 Å². The Morgan fingerprint density at radius 1 is 1.13 bits per heavy atom. The number of carbonyl (C=O) groups is 2. The van der Waals surface area contributed by atoms with E-state index in [1.165, 1.54) is 14.0 Å². The van der Waals surface area contributed by atoms with Crippen molar-refractivity contribution in [3.63, 3.8) is 0 Å². The maximum atomic E-state index is 11.4. The van der Waals surface area contributed by atoms with Gasteiger partial charge in [-0.2, -0.15) is 0 Å². The number of benzene rings is 1. The van der Waals surface area contributed by atoms with Crippen LogP contribution >= 0.6 is 0 Å². The molecule has 0 N–H and O–H groups in total. The molecule has 0 amide bonds. The van der Waals surface area contributed by atoms with Crippen molar-refractivity contribution in [2.45, 2.75) is 20.8 Å². The predicted octanol–water partition coefficient (Wildman–Crippen LogP) is 2.29. The van der Waals surface area contributed by atoms with Crippen LogP contribution in [0.15, 0.2) is 12.1 Å². The van der Waals surface area contributed by atoms with E-state index in [0.29, 0.717) is 11.1 Å². The van der Waals surface area contributed by atoms with Gasteiger partial charge >= 0.3 is 5.97 Å². The van der Waals surface area contributed by atoms with E-state index in [2.05, 4.69) is 4.74 Å². The molecule has 3 heteroatoms. The lowest BCUT2D eigenvalue weighted by Crippen LogP contribution is -2.08. The van der Waals surface area contributed by atoms with E-state index in [1.54, 1.807) is 26.0 Å². The van der Waals surface area contributed by atoms with E-state index in [9.17, 15) is 9.59 Å². The first-order valence-electron chi connectivity index (χ1n) is 4.68. The first kappa shape index (κ1) is 11.4. The monoisotopic (exact) mass is 206 g/mol. The number of hydrogen-bond donors (Lipinski definition) is 0. The molecule has 0 atom stereocenters. The molecule has 1 aromatic rings. The number of carbonyl (C=O) groups excluding carboxylic acids is 2. The molecule has 0 bridgehead atoms. The molecule has 0 unspecified atom stereocenters. The summed E-state index contributed by atoms with van der Waals surface area (Å²) in [6.07, 6.45) is 0. The van der Waals surface area contributed by atoms with Crippen LogP contribution in [-0.4, -0.2) is 18.9 Å². The first-order chi connectivity index (χ1) is 6.97. The van der Waals surface area contributed by atoms with Gasteiger partial charge in [-0.05, 0) is 44.0 Å². The van der Waals surface area contributed by atoms with Crippen molar-refractivity contribution >= 4 is 11.8 Å². The number of aryl methyl sites for hydroxylation is 2. The molecule has 0 heterocycles. The van der Waals surface area contributed by atoms with Crippen LogP contribution in [-0.2, 0) is 4.74 Å². The minimum absolute atomic E-state index is 0.00221. The van der Waals surface area contributed by atoms with Crippen molar-refractivity contribution in [3.8, 4) is 0 Å². The minimum atomic E-state index is -0.361. The quantitative estimate of drug-likeness (QED) is 0.550. The molecule has 0 spiro atoms. The molecule has 0 aromatic heterocycles. The van der Waals surface area contributed by atoms with Gasteiger partial charge in [0.2, 0.25) is 0 Å². The zero-order chi connectivity index (χ0) is 11.6. The van der Waals surface area contributed by atoms with Crippen LogP contribution < -0.4 is 0 Å². The third kappa shape index (κ3) is 2.24. The van der Waals surface area contributed by atoms with Gasteiger partial charge in [0.1, 0.15) is 0 Å². The molecule has 1 rings (SSSR count). The molecule has 80 valence electrons. The molecular formula is C12H14O3. The lowest BCUT2D eigenvalue weighted by molar-refractivity contribution is 0.0598. The van der Waals surface area contributed by atoms with Gasteiger partial charge in [0.05, 0.1) is 12.7 Å². The summed E-state index contributed by atoms with van der Waals surface area (Å²) in [6, 6.07) is 3.42.